The van der Waals surface area contributed by atoms with E-state index in [1.807, 2.05) is 6.07 Å². The monoisotopic (exact) mass is 283 g/mol. The lowest BCUT2D eigenvalue weighted by Gasteiger charge is -2.18. The third-order valence-corrected chi connectivity index (χ3v) is 3.12. The number of nitriles is 1. The first kappa shape index (κ1) is 14.5. The Balaban J connectivity index is 2.22. The maximum Gasteiger partial charge on any atom is 0.255 e. The SMILES string of the molecule is CN(Cc1cc(C#N)ccc1F)C(=O)c1ccccc1N. The molecule has 4 nitrogen and oxygen atoms in total. The van der Waals surface area contributed by atoms with E-state index in [9.17, 15) is 9.18 Å². The van der Waals surface area contributed by atoms with Gasteiger partial charge < -0.3 is 10.6 Å². The molecule has 0 saturated carbocycles. The van der Waals surface area contributed by atoms with Gasteiger partial charge in [-0.1, -0.05) is 12.1 Å². The van der Waals surface area contributed by atoms with E-state index in [0.717, 1.165) is 0 Å². The number of hydrogen-bond donors (Lipinski definition) is 1. The molecule has 2 aromatic carbocycles. The molecule has 0 saturated heterocycles. The lowest BCUT2D eigenvalue weighted by Crippen LogP contribution is -2.27. The van der Waals surface area contributed by atoms with Gasteiger partial charge >= 0.3 is 0 Å². The van der Waals surface area contributed by atoms with Crippen LogP contribution in [0.2, 0.25) is 0 Å². The number of halogens is 1. The van der Waals surface area contributed by atoms with Crippen LogP contribution in [-0.2, 0) is 6.54 Å². The molecule has 0 bridgehead atoms. The van der Waals surface area contributed by atoms with E-state index in [4.69, 9.17) is 11.0 Å². The Bertz CT molecular complexity index is 722. The Morgan fingerprint density at radius 1 is 1.33 bits per heavy atom. The molecule has 0 fully saturated rings. The minimum absolute atomic E-state index is 0.0640. The summed E-state index contributed by atoms with van der Waals surface area (Å²) in [7, 11) is 1.56. The molecule has 2 N–H and O–H groups in total. The molecule has 21 heavy (non-hydrogen) atoms. The summed E-state index contributed by atoms with van der Waals surface area (Å²) in [4.78, 5) is 13.7. The first-order chi connectivity index (χ1) is 10.0. The molecular weight excluding hydrogens is 269 g/mol. The van der Waals surface area contributed by atoms with Crippen molar-refractivity contribution in [1.29, 1.82) is 5.26 Å². The normalized spacial score (nSPS) is 9.95. The van der Waals surface area contributed by atoms with E-state index in [0.29, 0.717) is 22.4 Å². The molecule has 106 valence electrons. The van der Waals surface area contributed by atoms with Crippen molar-refractivity contribution in [2.24, 2.45) is 0 Å². The molecule has 0 atom stereocenters. The van der Waals surface area contributed by atoms with Crippen LogP contribution in [0, 0.1) is 17.1 Å². The number of benzene rings is 2. The topological polar surface area (TPSA) is 70.1 Å². The number of anilines is 1. The number of para-hydroxylation sites is 1. The van der Waals surface area contributed by atoms with Crippen molar-refractivity contribution in [1.82, 2.24) is 4.90 Å². The molecule has 0 heterocycles. The first-order valence-corrected chi connectivity index (χ1v) is 6.31. The third kappa shape index (κ3) is 3.18. The lowest BCUT2D eigenvalue weighted by atomic mass is 10.1. The van der Waals surface area contributed by atoms with Crippen LogP contribution in [0.4, 0.5) is 10.1 Å². The van der Waals surface area contributed by atoms with Gasteiger partial charge in [0.15, 0.2) is 0 Å². The van der Waals surface area contributed by atoms with Gasteiger partial charge in [-0.2, -0.15) is 5.26 Å². The van der Waals surface area contributed by atoms with Crippen molar-refractivity contribution < 1.29 is 9.18 Å². The van der Waals surface area contributed by atoms with E-state index in [-0.39, 0.29) is 12.5 Å². The highest BCUT2D eigenvalue weighted by molar-refractivity contribution is 5.98. The van der Waals surface area contributed by atoms with Gasteiger partial charge in [-0.25, -0.2) is 4.39 Å². The summed E-state index contributed by atoms with van der Waals surface area (Å²) in [6, 6.07) is 12.7. The van der Waals surface area contributed by atoms with Crippen molar-refractivity contribution in [2.75, 3.05) is 12.8 Å². The summed E-state index contributed by atoms with van der Waals surface area (Å²) in [6.45, 7) is 0.0640. The first-order valence-electron chi connectivity index (χ1n) is 6.31. The fraction of sp³-hybridized carbons (Fsp3) is 0.125. The number of nitrogens with two attached hydrogens (primary N) is 1. The average molecular weight is 283 g/mol. The van der Waals surface area contributed by atoms with Crippen LogP contribution < -0.4 is 5.73 Å². The fourth-order valence-electron chi connectivity index (χ4n) is 1.99. The molecule has 0 aliphatic heterocycles. The van der Waals surface area contributed by atoms with Gasteiger partial charge in [-0.3, -0.25) is 4.79 Å². The van der Waals surface area contributed by atoms with E-state index >= 15 is 0 Å². The van der Waals surface area contributed by atoms with Crippen molar-refractivity contribution in [3.8, 4) is 6.07 Å². The second-order valence-electron chi connectivity index (χ2n) is 4.67. The number of carbonyl (C=O) groups excluding carboxylic acids is 1. The number of hydrogen-bond acceptors (Lipinski definition) is 3. The van der Waals surface area contributed by atoms with Gasteiger partial charge in [0.2, 0.25) is 0 Å². The van der Waals surface area contributed by atoms with Crippen molar-refractivity contribution >= 4 is 11.6 Å². The summed E-state index contributed by atoms with van der Waals surface area (Å²) >= 11 is 0. The van der Waals surface area contributed by atoms with Crippen molar-refractivity contribution in [3.63, 3.8) is 0 Å². The van der Waals surface area contributed by atoms with Gasteiger partial charge in [0, 0.05) is 24.8 Å². The molecule has 0 spiro atoms. The molecular formula is C16H14FN3O. The lowest BCUT2D eigenvalue weighted by molar-refractivity contribution is 0.0785. The van der Waals surface area contributed by atoms with Crippen LogP contribution in [0.15, 0.2) is 42.5 Å². The van der Waals surface area contributed by atoms with E-state index in [1.54, 1.807) is 31.3 Å². The molecule has 1 amide bonds. The Morgan fingerprint density at radius 2 is 2.05 bits per heavy atom. The predicted octanol–water partition coefficient (Wildman–Crippen LogP) is 2.55. The van der Waals surface area contributed by atoms with Crippen molar-refractivity contribution in [3.05, 3.63) is 65.0 Å². The number of amides is 1. The summed E-state index contributed by atoms with van der Waals surface area (Å²) < 4.78 is 13.7. The Hall–Kier alpha value is -2.87. The maximum atomic E-state index is 13.7. The highest BCUT2D eigenvalue weighted by Gasteiger charge is 2.16. The Labute approximate surface area is 122 Å². The summed E-state index contributed by atoms with van der Waals surface area (Å²) in [5, 5.41) is 8.84. The Kier molecular flexibility index (Phi) is 4.19. The summed E-state index contributed by atoms with van der Waals surface area (Å²) in [6.07, 6.45) is 0. The molecule has 0 unspecified atom stereocenters. The van der Waals surface area contributed by atoms with Crippen molar-refractivity contribution in [2.45, 2.75) is 6.54 Å². The molecule has 2 rings (SSSR count). The highest BCUT2D eigenvalue weighted by Crippen LogP contribution is 2.16. The number of nitrogens with zero attached hydrogens (tertiary/aromatic N) is 2. The second kappa shape index (κ2) is 6.06. The molecule has 2 aromatic rings. The molecule has 0 aliphatic rings. The highest BCUT2D eigenvalue weighted by atomic mass is 19.1. The number of rotatable bonds is 3. The Morgan fingerprint density at radius 3 is 2.71 bits per heavy atom. The number of nitrogen functional groups attached to an aromatic ring is 1. The molecule has 0 aromatic heterocycles. The van der Waals surface area contributed by atoms with E-state index in [2.05, 4.69) is 0 Å². The van der Waals surface area contributed by atoms with Gasteiger partial charge in [0.25, 0.3) is 5.91 Å². The third-order valence-electron chi connectivity index (χ3n) is 3.12. The molecule has 5 heteroatoms. The molecule has 0 aliphatic carbocycles. The standard InChI is InChI=1S/C16H14FN3O/c1-20(16(21)13-4-2-3-5-15(13)19)10-12-8-11(9-18)6-7-14(12)17/h2-8H,10,19H2,1H3. The van der Waals surface area contributed by atoms with E-state index in [1.165, 1.54) is 23.1 Å². The largest absolute Gasteiger partial charge is 0.398 e. The minimum atomic E-state index is -0.449. The second-order valence-corrected chi connectivity index (χ2v) is 4.67. The van der Waals surface area contributed by atoms with Gasteiger partial charge in [-0.05, 0) is 30.3 Å². The zero-order valence-electron chi connectivity index (χ0n) is 11.5. The maximum absolute atomic E-state index is 13.7. The predicted molar refractivity (Wildman–Crippen MR) is 77.8 cm³/mol. The van der Waals surface area contributed by atoms with E-state index < -0.39 is 5.82 Å². The van der Waals surface area contributed by atoms with Crippen LogP contribution >= 0.6 is 0 Å². The van der Waals surface area contributed by atoms with Crippen LogP contribution in [-0.4, -0.2) is 17.9 Å². The average Bonchev–Trinajstić information content (AvgIpc) is 2.49. The zero-order valence-corrected chi connectivity index (χ0v) is 11.5. The van der Waals surface area contributed by atoms with Crippen LogP contribution in [0.25, 0.3) is 0 Å². The fourth-order valence-corrected chi connectivity index (χ4v) is 1.99. The number of carbonyl (C=O) groups is 1. The van der Waals surface area contributed by atoms with Gasteiger partial charge in [0.1, 0.15) is 5.82 Å². The quantitative estimate of drug-likeness (QED) is 0.880. The van der Waals surface area contributed by atoms with Crippen LogP contribution in [0.1, 0.15) is 21.5 Å². The van der Waals surface area contributed by atoms with Gasteiger partial charge in [-0.15, -0.1) is 0 Å². The smallest absolute Gasteiger partial charge is 0.255 e. The summed E-state index contributed by atoms with van der Waals surface area (Å²) in [5.74, 6) is -0.746. The minimum Gasteiger partial charge on any atom is -0.398 e. The summed E-state index contributed by atoms with van der Waals surface area (Å²) in [5.41, 5.74) is 7.16. The van der Waals surface area contributed by atoms with Gasteiger partial charge in [0.05, 0.1) is 17.2 Å². The molecule has 0 radical (unpaired) electrons. The van der Waals surface area contributed by atoms with Crippen LogP contribution in [0.5, 0.6) is 0 Å². The zero-order chi connectivity index (χ0) is 15.4. The van der Waals surface area contributed by atoms with Crippen LogP contribution in [0.3, 0.4) is 0 Å².